The van der Waals surface area contributed by atoms with E-state index >= 15 is 0 Å². The van der Waals surface area contributed by atoms with E-state index in [9.17, 15) is 0 Å². The molecular formula is C26H32Cl2N2O2. The Kier molecular flexibility index (Phi) is 10.7. The lowest BCUT2D eigenvalue weighted by molar-refractivity contribution is 0.250. The molecule has 6 heteroatoms. The van der Waals surface area contributed by atoms with Crippen LogP contribution in [0.4, 0.5) is 5.69 Å². The minimum absolute atomic E-state index is 0. The third-order valence-corrected chi connectivity index (χ3v) is 5.64. The van der Waals surface area contributed by atoms with E-state index in [-0.39, 0.29) is 24.8 Å². The van der Waals surface area contributed by atoms with E-state index in [0.717, 1.165) is 50.6 Å². The molecule has 3 aromatic rings. The predicted octanol–water partition coefficient (Wildman–Crippen LogP) is 5.48. The fourth-order valence-electron chi connectivity index (χ4n) is 3.83. The molecule has 0 unspecified atom stereocenters. The highest BCUT2D eigenvalue weighted by Gasteiger charge is 2.17. The molecule has 1 aliphatic rings. The van der Waals surface area contributed by atoms with Gasteiger partial charge in [-0.2, -0.15) is 0 Å². The highest BCUT2D eigenvalue weighted by molar-refractivity contribution is 5.85. The van der Waals surface area contributed by atoms with Crippen molar-refractivity contribution in [2.24, 2.45) is 0 Å². The lowest BCUT2D eigenvalue weighted by Gasteiger charge is -2.36. The standard InChI is InChI=1S/C26H30N2O2.2ClH/c1-29-25-11-13-26(14-12-25)30-20-15-22-7-9-23(10-8-22)21-27-16-18-28(19-17-27)24-5-3-2-4-6-24;;/h2-14H,15-21H2,1H3;2*1H. The number of para-hydroxylation sites is 1. The van der Waals surface area contributed by atoms with Crippen molar-refractivity contribution in [1.29, 1.82) is 0 Å². The number of hydrogen-bond donors (Lipinski definition) is 0. The monoisotopic (exact) mass is 474 g/mol. The number of ether oxygens (including phenoxy) is 2. The molecule has 0 amide bonds. The first-order valence-electron chi connectivity index (χ1n) is 10.7. The summed E-state index contributed by atoms with van der Waals surface area (Å²) in [6.07, 6.45) is 0.905. The van der Waals surface area contributed by atoms with Crippen molar-refractivity contribution in [2.75, 3.05) is 44.8 Å². The lowest BCUT2D eigenvalue weighted by atomic mass is 10.1. The van der Waals surface area contributed by atoms with E-state index in [1.54, 1.807) is 7.11 Å². The lowest BCUT2D eigenvalue weighted by Crippen LogP contribution is -2.45. The molecule has 1 aliphatic heterocycles. The second-order valence-electron chi connectivity index (χ2n) is 7.69. The Morgan fingerprint density at radius 3 is 1.91 bits per heavy atom. The van der Waals surface area contributed by atoms with Crippen LogP contribution >= 0.6 is 24.8 Å². The van der Waals surface area contributed by atoms with Crippen LogP contribution in [0.2, 0.25) is 0 Å². The average Bonchev–Trinajstić information content (AvgIpc) is 2.82. The minimum atomic E-state index is 0. The molecule has 0 N–H and O–H groups in total. The van der Waals surface area contributed by atoms with Crippen LogP contribution in [0.3, 0.4) is 0 Å². The molecule has 4 nitrogen and oxygen atoms in total. The number of hydrogen-bond acceptors (Lipinski definition) is 4. The summed E-state index contributed by atoms with van der Waals surface area (Å²) in [4.78, 5) is 5.02. The maximum absolute atomic E-state index is 5.84. The summed E-state index contributed by atoms with van der Waals surface area (Å²) in [6.45, 7) is 6.08. The average molecular weight is 475 g/mol. The summed E-state index contributed by atoms with van der Waals surface area (Å²) in [5.41, 5.74) is 4.02. The Labute approximate surface area is 204 Å². The van der Waals surface area contributed by atoms with Gasteiger partial charge in [0, 0.05) is 44.8 Å². The molecule has 172 valence electrons. The number of piperazine rings is 1. The Hall–Kier alpha value is -2.40. The molecule has 0 saturated carbocycles. The third-order valence-electron chi connectivity index (χ3n) is 5.64. The molecule has 0 aliphatic carbocycles. The summed E-state index contributed by atoms with van der Waals surface area (Å²) in [5, 5.41) is 0. The molecule has 0 aromatic heterocycles. The van der Waals surface area contributed by atoms with Crippen molar-refractivity contribution in [3.8, 4) is 11.5 Å². The molecule has 4 rings (SSSR count). The Morgan fingerprint density at radius 2 is 1.28 bits per heavy atom. The van der Waals surface area contributed by atoms with Crippen LogP contribution in [0.5, 0.6) is 11.5 Å². The van der Waals surface area contributed by atoms with Crippen LogP contribution in [0.25, 0.3) is 0 Å². The van der Waals surface area contributed by atoms with Crippen molar-refractivity contribution < 1.29 is 9.47 Å². The highest BCUT2D eigenvalue weighted by atomic mass is 35.5. The van der Waals surface area contributed by atoms with Crippen LogP contribution in [0, 0.1) is 0 Å². The van der Waals surface area contributed by atoms with Gasteiger partial charge in [0.15, 0.2) is 0 Å². The molecule has 1 fully saturated rings. The van der Waals surface area contributed by atoms with Crippen LogP contribution in [-0.2, 0) is 13.0 Å². The van der Waals surface area contributed by atoms with Gasteiger partial charge in [-0.05, 0) is 47.5 Å². The number of rotatable bonds is 8. The first-order chi connectivity index (χ1) is 14.8. The molecule has 32 heavy (non-hydrogen) atoms. The van der Waals surface area contributed by atoms with Gasteiger partial charge in [-0.25, -0.2) is 0 Å². The zero-order valence-electron chi connectivity index (χ0n) is 18.5. The van der Waals surface area contributed by atoms with Crippen molar-refractivity contribution in [3.05, 3.63) is 90.0 Å². The zero-order chi connectivity index (χ0) is 20.6. The summed E-state index contributed by atoms with van der Waals surface area (Å²) in [7, 11) is 1.67. The van der Waals surface area contributed by atoms with E-state index < -0.39 is 0 Å². The van der Waals surface area contributed by atoms with Crippen LogP contribution in [0.15, 0.2) is 78.9 Å². The van der Waals surface area contributed by atoms with Crippen molar-refractivity contribution >= 4 is 30.5 Å². The van der Waals surface area contributed by atoms with E-state index in [1.807, 2.05) is 24.3 Å². The van der Waals surface area contributed by atoms with E-state index in [2.05, 4.69) is 64.4 Å². The molecule has 0 atom stereocenters. The van der Waals surface area contributed by atoms with E-state index in [1.165, 1.54) is 16.8 Å². The maximum atomic E-state index is 5.84. The second kappa shape index (κ2) is 13.2. The van der Waals surface area contributed by atoms with Crippen molar-refractivity contribution in [3.63, 3.8) is 0 Å². The largest absolute Gasteiger partial charge is 0.497 e. The fourth-order valence-corrected chi connectivity index (χ4v) is 3.83. The molecule has 1 saturated heterocycles. The van der Waals surface area contributed by atoms with Crippen LogP contribution < -0.4 is 14.4 Å². The van der Waals surface area contributed by atoms with Gasteiger partial charge in [-0.15, -0.1) is 24.8 Å². The molecule has 0 spiro atoms. The molecule has 0 radical (unpaired) electrons. The summed E-state index contributed by atoms with van der Waals surface area (Å²) in [6, 6.07) is 27.4. The van der Waals surface area contributed by atoms with Gasteiger partial charge in [0.05, 0.1) is 13.7 Å². The molecule has 3 aromatic carbocycles. The number of methoxy groups -OCH3 is 1. The van der Waals surface area contributed by atoms with Gasteiger partial charge in [-0.3, -0.25) is 4.90 Å². The van der Waals surface area contributed by atoms with E-state index in [4.69, 9.17) is 9.47 Å². The van der Waals surface area contributed by atoms with Crippen LogP contribution in [0.1, 0.15) is 11.1 Å². The van der Waals surface area contributed by atoms with Crippen molar-refractivity contribution in [1.82, 2.24) is 4.90 Å². The zero-order valence-corrected chi connectivity index (χ0v) is 20.1. The summed E-state index contributed by atoms with van der Waals surface area (Å²) in [5.74, 6) is 1.72. The summed E-state index contributed by atoms with van der Waals surface area (Å²) < 4.78 is 11.0. The normalized spacial score (nSPS) is 13.6. The second-order valence-corrected chi connectivity index (χ2v) is 7.69. The van der Waals surface area contributed by atoms with Crippen molar-refractivity contribution in [2.45, 2.75) is 13.0 Å². The smallest absolute Gasteiger partial charge is 0.119 e. The molecule has 0 bridgehead atoms. The third kappa shape index (κ3) is 7.33. The number of benzene rings is 3. The van der Waals surface area contributed by atoms with E-state index in [0.29, 0.717) is 6.61 Å². The Morgan fingerprint density at radius 1 is 0.688 bits per heavy atom. The van der Waals surface area contributed by atoms with Gasteiger partial charge in [0.1, 0.15) is 11.5 Å². The first-order valence-corrected chi connectivity index (χ1v) is 10.7. The quantitative estimate of drug-likeness (QED) is 0.431. The Bertz CT molecular complexity index is 897. The maximum Gasteiger partial charge on any atom is 0.119 e. The fraction of sp³-hybridized carbons (Fsp3) is 0.308. The number of halogens is 2. The van der Waals surface area contributed by atoms with Gasteiger partial charge in [0.2, 0.25) is 0 Å². The topological polar surface area (TPSA) is 24.9 Å². The first kappa shape index (κ1) is 25.9. The Balaban J connectivity index is 0.00000181. The van der Waals surface area contributed by atoms with Gasteiger partial charge < -0.3 is 14.4 Å². The number of anilines is 1. The molecule has 1 heterocycles. The molecular weight excluding hydrogens is 443 g/mol. The predicted molar refractivity (Wildman–Crippen MR) is 137 cm³/mol. The van der Waals surface area contributed by atoms with Gasteiger partial charge >= 0.3 is 0 Å². The highest BCUT2D eigenvalue weighted by Crippen LogP contribution is 2.18. The number of nitrogens with zero attached hydrogens (tertiary/aromatic N) is 2. The van der Waals surface area contributed by atoms with Gasteiger partial charge in [-0.1, -0.05) is 42.5 Å². The SMILES string of the molecule is COc1ccc(OCCc2ccc(CN3CCN(c4ccccc4)CC3)cc2)cc1.Cl.Cl. The summed E-state index contributed by atoms with van der Waals surface area (Å²) >= 11 is 0. The minimum Gasteiger partial charge on any atom is -0.497 e. The van der Waals surface area contributed by atoms with Gasteiger partial charge in [0.25, 0.3) is 0 Å². The van der Waals surface area contributed by atoms with Crippen LogP contribution in [-0.4, -0.2) is 44.8 Å².